The van der Waals surface area contributed by atoms with Crippen molar-refractivity contribution in [3.8, 4) is 0 Å². The summed E-state index contributed by atoms with van der Waals surface area (Å²) in [5, 5.41) is 22.6. The summed E-state index contributed by atoms with van der Waals surface area (Å²) in [6.07, 6.45) is 0.0403. The standard InChI is InChI=1S/C18H21N7O7.2C4H6N4O/c1-7-4-8(22-11(26)5-9-14(19)24-18(20)25-15(9)29)6-21-13(7)16(30)23-10(17(31)32)2-3-12(27)28;2*5-2-1-3(9)8-4(6)7-2/h4,6,10H,2-3,5H2,1H3,(H,22,26)(H,23,30)(H,27,28)(H,31,32)(H5,19,20,24,25,29);2*1H,(H5,5,6,7,8,9)/t10-;;/m0../s1. The number of rotatable bonds is 9. The smallest absolute Gasteiger partial charge is 0.326 e. The van der Waals surface area contributed by atoms with Crippen molar-refractivity contribution in [2.24, 2.45) is 0 Å². The van der Waals surface area contributed by atoms with Crippen molar-refractivity contribution in [3.05, 3.63) is 72.3 Å². The molecular weight excluding hydrogens is 666 g/mol. The zero-order valence-electron chi connectivity index (χ0n) is 26.0. The minimum Gasteiger partial charge on any atom is -0.481 e. The molecule has 4 aromatic heterocycles. The molecule has 2 amide bonds. The number of carbonyl (C=O) groups excluding carboxylic acids is 2. The van der Waals surface area contributed by atoms with Crippen molar-refractivity contribution in [2.75, 3.05) is 39.7 Å². The maximum absolute atomic E-state index is 12.4. The van der Waals surface area contributed by atoms with E-state index in [0.29, 0.717) is 5.56 Å². The zero-order chi connectivity index (χ0) is 37.7. The van der Waals surface area contributed by atoms with Gasteiger partial charge in [0, 0.05) is 18.6 Å². The summed E-state index contributed by atoms with van der Waals surface area (Å²) in [5.41, 5.74) is 30.5. The van der Waals surface area contributed by atoms with Crippen molar-refractivity contribution in [1.82, 2.24) is 40.2 Å². The molecule has 0 saturated carbocycles. The van der Waals surface area contributed by atoms with E-state index in [2.05, 4.69) is 45.5 Å². The number of aromatic amines is 3. The molecule has 50 heavy (non-hydrogen) atoms. The Labute approximate surface area is 278 Å². The second-order valence-electron chi connectivity index (χ2n) is 9.84. The lowest BCUT2D eigenvalue weighted by Gasteiger charge is -2.14. The van der Waals surface area contributed by atoms with Gasteiger partial charge in [0.25, 0.3) is 22.6 Å². The van der Waals surface area contributed by atoms with Crippen molar-refractivity contribution in [1.29, 1.82) is 0 Å². The van der Waals surface area contributed by atoms with Crippen LogP contribution in [0, 0.1) is 6.92 Å². The summed E-state index contributed by atoms with van der Waals surface area (Å²) < 4.78 is 0. The molecule has 24 heteroatoms. The highest BCUT2D eigenvalue weighted by Crippen LogP contribution is 2.14. The topological polar surface area (TPSA) is 439 Å². The SMILES string of the molecule is Cc1cc(NC(=O)Cc2c(N)nc(N)[nH]c2=O)cnc1C(=O)N[C@@H](CCC(=O)O)C(=O)O.Nc1cc(=O)[nH]c(N)n1.Nc1cc(=O)[nH]c(N)n1. The van der Waals surface area contributed by atoms with Gasteiger partial charge in [-0.25, -0.2) is 9.78 Å². The highest BCUT2D eigenvalue weighted by Gasteiger charge is 2.23. The maximum Gasteiger partial charge on any atom is 0.326 e. The molecule has 0 aromatic carbocycles. The van der Waals surface area contributed by atoms with Crippen LogP contribution in [0.5, 0.6) is 0 Å². The molecule has 1 atom stereocenters. The van der Waals surface area contributed by atoms with Crippen molar-refractivity contribution in [2.45, 2.75) is 32.2 Å². The fraction of sp³-hybridized carbons (Fsp3) is 0.192. The number of nitrogen functional groups attached to an aromatic ring is 6. The lowest BCUT2D eigenvalue weighted by Crippen LogP contribution is -2.41. The molecule has 19 N–H and O–H groups in total. The third-order valence-corrected chi connectivity index (χ3v) is 5.79. The third-order valence-electron chi connectivity index (χ3n) is 5.79. The van der Waals surface area contributed by atoms with Gasteiger partial charge in [-0.05, 0) is 25.0 Å². The molecule has 0 bridgehead atoms. The lowest BCUT2D eigenvalue weighted by molar-refractivity contribution is -0.140. The predicted molar refractivity (Wildman–Crippen MR) is 178 cm³/mol. The van der Waals surface area contributed by atoms with Crippen molar-refractivity contribution < 1.29 is 29.4 Å². The molecule has 0 spiro atoms. The number of pyridine rings is 1. The lowest BCUT2D eigenvalue weighted by atomic mass is 10.1. The molecular formula is C26H33N15O9. The first kappa shape index (κ1) is 38.7. The number of carboxylic acids is 2. The fourth-order valence-electron chi connectivity index (χ4n) is 3.69. The Hall–Kier alpha value is -7.53. The molecule has 24 nitrogen and oxygen atoms in total. The van der Waals surface area contributed by atoms with E-state index in [1.807, 2.05) is 0 Å². The number of amides is 2. The van der Waals surface area contributed by atoms with E-state index in [0.717, 1.165) is 12.1 Å². The van der Waals surface area contributed by atoms with Gasteiger partial charge in [0.2, 0.25) is 23.8 Å². The highest BCUT2D eigenvalue weighted by molar-refractivity contribution is 5.97. The van der Waals surface area contributed by atoms with Gasteiger partial charge in [0.15, 0.2) is 0 Å². The summed E-state index contributed by atoms with van der Waals surface area (Å²) in [4.78, 5) is 101. The second kappa shape index (κ2) is 17.4. The Morgan fingerprint density at radius 1 is 0.820 bits per heavy atom. The molecule has 0 aliphatic carbocycles. The van der Waals surface area contributed by atoms with Gasteiger partial charge in [0.1, 0.15) is 29.2 Å². The number of aryl methyl sites for hydroxylation is 1. The summed E-state index contributed by atoms with van der Waals surface area (Å²) in [6, 6.07) is 2.34. The normalized spacial score (nSPS) is 10.7. The number of nitrogens with one attached hydrogen (secondary N) is 5. The van der Waals surface area contributed by atoms with Gasteiger partial charge in [-0.1, -0.05) is 0 Å². The van der Waals surface area contributed by atoms with E-state index < -0.39 is 41.8 Å². The Morgan fingerprint density at radius 2 is 1.36 bits per heavy atom. The molecule has 0 saturated heterocycles. The maximum atomic E-state index is 12.4. The number of aliphatic carboxylic acids is 2. The minimum atomic E-state index is -1.41. The van der Waals surface area contributed by atoms with Crippen molar-refractivity contribution >= 4 is 64.7 Å². The summed E-state index contributed by atoms with van der Waals surface area (Å²) in [7, 11) is 0. The van der Waals surface area contributed by atoms with E-state index in [1.165, 1.54) is 19.2 Å². The van der Waals surface area contributed by atoms with Gasteiger partial charge in [-0.2, -0.15) is 15.0 Å². The van der Waals surface area contributed by atoms with Crippen LogP contribution in [0.15, 0.2) is 38.8 Å². The average Bonchev–Trinajstić information content (AvgIpc) is 2.96. The van der Waals surface area contributed by atoms with Gasteiger partial charge < -0.3 is 55.2 Å². The van der Waals surface area contributed by atoms with Crippen LogP contribution in [0.3, 0.4) is 0 Å². The van der Waals surface area contributed by atoms with Crippen LogP contribution in [0.4, 0.5) is 41.0 Å². The number of aromatic nitrogens is 7. The number of hydrogen-bond acceptors (Lipinski definition) is 17. The number of hydrogen-bond donors (Lipinski definition) is 13. The Balaban J connectivity index is 0.000000386. The Morgan fingerprint density at radius 3 is 1.80 bits per heavy atom. The summed E-state index contributed by atoms with van der Waals surface area (Å²) in [6.45, 7) is 1.51. The van der Waals surface area contributed by atoms with Crippen LogP contribution in [0.2, 0.25) is 0 Å². The van der Waals surface area contributed by atoms with E-state index in [1.54, 1.807) is 0 Å². The minimum absolute atomic E-state index is 0.0417. The first-order valence-corrected chi connectivity index (χ1v) is 13.7. The molecule has 0 fully saturated rings. The number of carbonyl (C=O) groups is 4. The molecule has 0 radical (unpaired) electrons. The number of carboxylic acid groups (broad SMARTS) is 2. The zero-order valence-corrected chi connectivity index (χ0v) is 26.0. The second-order valence-corrected chi connectivity index (χ2v) is 9.84. The molecule has 4 aromatic rings. The van der Waals surface area contributed by atoms with E-state index in [4.69, 9.17) is 44.6 Å². The molecule has 266 valence electrons. The Kier molecular flexibility index (Phi) is 13.5. The van der Waals surface area contributed by atoms with Gasteiger partial charge in [-0.15, -0.1) is 0 Å². The van der Waals surface area contributed by atoms with E-state index in [9.17, 15) is 33.6 Å². The van der Waals surface area contributed by atoms with E-state index >= 15 is 0 Å². The number of anilines is 7. The summed E-state index contributed by atoms with van der Waals surface area (Å²) >= 11 is 0. The largest absolute Gasteiger partial charge is 0.481 e. The highest BCUT2D eigenvalue weighted by atomic mass is 16.4. The quantitative estimate of drug-likeness (QED) is 0.0814. The molecule has 0 aliphatic heterocycles. The Bertz CT molecular complexity index is 1960. The van der Waals surface area contributed by atoms with Crippen LogP contribution in [-0.4, -0.2) is 74.9 Å². The molecule has 0 unspecified atom stereocenters. The predicted octanol–water partition coefficient (Wildman–Crippen LogP) is -3.26. The molecule has 4 rings (SSSR count). The van der Waals surface area contributed by atoms with Crippen LogP contribution >= 0.6 is 0 Å². The molecule has 4 heterocycles. The first-order chi connectivity index (χ1) is 23.3. The van der Waals surface area contributed by atoms with Crippen LogP contribution < -0.4 is 61.7 Å². The summed E-state index contributed by atoms with van der Waals surface area (Å²) in [5.74, 6) is -4.01. The monoisotopic (exact) mass is 699 g/mol. The van der Waals surface area contributed by atoms with Gasteiger partial charge >= 0.3 is 11.9 Å². The first-order valence-electron chi connectivity index (χ1n) is 13.7. The van der Waals surface area contributed by atoms with Gasteiger partial charge in [0.05, 0.1) is 23.9 Å². The number of H-pyrrole nitrogens is 3. The fourth-order valence-corrected chi connectivity index (χ4v) is 3.69. The number of nitrogens with two attached hydrogens (primary N) is 6. The van der Waals surface area contributed by atoms with Crippen LogP contribution in [-0.2, 0) is 20.8 Å². The van der Waals surface area contributed by atoms with E-state index in [-0.39, 0.29) is 76.2 Å². The molecule has 0 aliphatic rings. The van der Waals surface area contributed by atoms with Crippen LogP contribution in [0.25, 0.3) is 0 Å². The van der Waals surface area contributed by atoms with Gasteiger partial charge in [-0.3, -0.25) is 43.7 Å². The average molecular weight is 700 g/mol. The van der Waals surface area contributed by atoms with Crippen LogP contribution in [0.1, 0.15) is 34.5 Å². The van der Waals surface area contributed by atoms with Crippen molar-refractivity contribution in [3.63, 3.8) is 0 Å². The third kappa shape index (κ3) is 12.7. The number of nitrogens with zero attached hydrogens (tertiary/aromatic N) is 4.